The first-order valence-corrected chi connectivity index (χ1v) is 5.55. The van der Waals surface area contributed by atoms with Crippen LogP contribution in [0.3, 0.4) is 0 Å². The third-order valence-electron chi connectivity index (χ3n) is 2.77. The van der Waals surface area contributed by atoms with E-state index in [4.69, 9.17) is 5.84 Å². The Bertz CT molecular complexity index is 332. The minimum absolute atomic E-state index is 0.258. The normalized spacial score (nSPS) is 20.9. The summed E-state index contributed by atoms with van der Waals surface area (Å²) >= 11 is 0. The standard InChI is InChI=1S/C10H18N4O3/c1-6(12-7(2)15)10(17)14-5-3-4-8(14)9(16)13-11/h6,8H,3-5,11H2,1-2H3,(H,12,15)(H,13,16)/t6-,8-/m0/s1. The van der Waals surface area contributed by atoms with E-state index in [1.54, 1.807) is 6.92 Å². The van der Waals surface area contributed by atoms with Crippen LogP contribution in [0.4, 0.5) is 0 Å². The Morgan fingerprint density at radius 3 is 2.59 bits per heavy atom. The number of likely N-dealkylation sites (tertiary alicyclic amines) is 1. The molecule has 4 N–H and O–H groups in total. The van der Waals surface area contributed by atoms with E-state index in [0.29, 0.717) is 13.0 Å². The van der Waals surface area contributed by atoms with Crippen molar-refractivity contribution in [3.05, 3.63) is 0 Å². The van der Waals surface area contributed by atoms with Crippen LogP contribution >= 0.6 is 0 Å². The van der Waals surface area contributed by atoms with Gasteiger partial charge in [-0.2, -0.15) is 0 Å². The van der Waals surface area contributed by atoms with Crippen LogP contribution in [0.5, 0.6) is 0 Å². The van der Waals surface area contributed by atoms with Crippen LogP contribution in [-0.4, -0.2) is 41.2 Å². The first-order valence-electron chi connectivity index (χ1n) is 5.55. The van der Waals surface area contributed by atoms with E-state index in [1.165, 1.54) is 11.8 Å². The quantitative estimate of drug-likeness (QED) is 0.318. The van der Waals surface area contributed by atoms with Gasteiger partial charge in [-0.3, -0.25) is 19.8 Å². The Balaban J connectivity index is 2.67. The lowest BCUT2D eigenvalue weighted by atomic mass is 10.2. The number of nitrogens with two attached hydrogens (primary N) is 1. The summed E-state index contributed by atoms with van der Waals surface area (Å²) in [5.41, 5.74) is 2.05. The highest BCUT2D eigenvalue weighted by atomic mass is 16.2. The van der Waals surface area contributed by atoms with Crippen LogP contribution in [0.25, 0.3) is 0 Å². The fourth-order valence-corrected chi connectivity index (χ4v) is 2.01. The topological polar surface area (TPSA) is 105 Å². The molecule has 1 saturated heterocycles. The lowest BCUT2D eigenvalue weighted by Gasteiger charge is -2.26. The molecule has 7 heteroatoms. The van der Waals surface area contributed by atoms with Gasteiger partial charge in [-0.1, -0.05) is 0 Å². The highest BCUT2D eigenvalue weighted by Gasteiger charge is 2.35. The molecule has 0 spiro atoms. The third kappa shape index (κ3) is 3.16. The van der Waals surface area contributed by atoms with Crippen molar-refractivity contribution in [3.8, 4) is 0 Å². The second-order valence-electron chi connectivity index (χ2n) is 4.12. The molecule has 2 atom stereocenters. The molecule has 1 heterocycles. The van der Waals surface area contributed by atoms with Crippen LogP contribution in [0.1, 0.15) is 26.7 Å². The molecule has 0 radical (unpaired) electrons. The van der Waals surface area contributed by atoms with E-state index >= 15 is 0 Å². The van der Waals surface area contributed by atoms with Crippen LogP contribution in [0.2, 0.25) is 0 Å². The summed E-state index contributed by atoms with van der Waals surface area (Å²) in [4.78, 5) is 35.8. The lowest BCUT2D eigenvalue weighted by molar-refractivity contribution is -0.140. The van der Waals surface area contributed by atoms with E-state index in [-0.39, 0.29) is 17.7 Å². The number of hydrazine groups is 1. The predicted octanol–water partition coefficient (Wildman–Crippen LogP) is -1.51. The lowest BCUT2D eigenvalue weighted by Crippen LogP contribution is -2.53. The monoisotopic (exact) mass is 242 g/mol. The van der Waals surface area contributed by atoms with Crippen molar-refractivity contribution in [1.29, 1.82) is 0 Å². The number of rotatable bonds is 3. The SMILES string of the molecule is CC(=O)N[C@@H](C)C(=O)N1CCC[C@H]1C(=O)NN. The molecule has 0 aliphatic carbocycles. The van der Waals surface area contributed by atoms with E-state index in [2.05, 4.69) is 10.7 Å². The molecule has 0 saturated carbocycles. The molecule has 0 aromatic carbocycles. The summed E-state index contributed by atoms with van der Waals surface area (Å²) in [6, 6.07) is -1.15. The Morgan fingerprint density at radius 1 is 1.41 bits per heavy atom. The fraction of sp³-hybridized carbons (Fsp3) is 0.700. The summed E-state index contributed by atoms with van der Waals surface area (Å²) in [5, 5.41) is 2.50. The van der Waals surface area contributed by atoms with Gasteiger partial charge in [0.05, 0.1) is 0 Å². The number of carbonyl (C=O) groups excluding carboxylic acids is 3. The molecule has 96 valence electrons. The molecule has 1 rings (SSSR count). The van der Waals surface area contributed by atoms with Crippen molar-refractivity contribution < 1.29 is 14.4 Å². The van der Waals surface area contributed by atoms with Crippen LogP contribution < -0.4 is 16.6 Å². The maximum absolute atomic E-state index is 12.0. The summed E-state index contributed by atoms with van der Waals surface area (Å²) in [6.45, 7) is 3.46. The molecular formula is C10H18N4O3. The summed E-state index contributed by atoms with van der Waals surface area (Å²) < 4.78 is 0. The van der Waals surface area contributed by atoms with Crippen molar-refractivity contribution in [3.63, 3.8) is 0 Å². The van der Waals surface area contributed by atoms with Crippen molar-refractivity contribution in [2.24, 2.45) is 5.84 Å². The Kier molecular flexibility index (Phi) is 4.45. The van der Waals surface area contributed by atoms with E-state index in [0.717, 1.165) is 6.42 Å². The Labute approximate surface area is 99.7 Å². The first kappa shape index (κ1) is 13.4. The molecule has 1 fully saturated rings. The van der Waals surface area contributed by atoms with Crippen molar-refractivity contribution in [2.75, 3.05) is 6.54 Å². The van der Waals surface area contributed by atoms with E-state index in [9.17, 15) is 14.4 Å². The fourth-order valence-electron chi connectivity index (χ4n) is 2.01. The summed E-state index contributed by atoms with van der Waals surface area (Å²) in [6.07, 6.45) is 1.36. The van der Waals surface area contributed by atoms with E-state index < -0.39 is 12.1 Å². The smallest absolute Gasteiger partial charge is 0.256 e. The molecule has 17 heavy (non-hydrogen) atoms. The van der Waals surface area contributed by atoms with Crippen molar-refractivity contribution in [2.45, 2.75) is 38.8 Å². The molecule has 1 aliphatic heterocycles. The molecule has 0 unspecified atom stereocenters. The van der Waals surface area contributed by atoms with Crippen LogP contribution in [-0.2, 0) is 14.4 Å². The van der Waals surface area contributed by atoms with Gasteiger partial charge < -0.3 is 10.2 Å². The van der Waals surface area contributed by atoms with Gasteiger partial charge in [0.1, 0.15) is 12.1 Å². The number of carbonyl (C=O) groups is 3. The van der Waals surface area contributed by atoms with Crippen LogP contribution in [0.15, 0.2) is 0 Å². The summed E-state index contributed by atoms with van der Waals surface area (Å²) in [7, 11) is 0. The highest BCUT2D eigenvalue weighted by Crippen LogP contribution is 2.18. The molecule has 3 amide bonds. The second-order valence-corrected chi connectivity index (χ2v) is 4.12. The Morgan fingerprint density at radius 2 is 2.06 bits per heavy atom. The highest BCUT2D eigenvalue weighted by molar-refractivity contribution is 5.91. The number of amides is 3. The van der Waals surface area contributed by atoms with Gasteiger partial charge >= 0.3 is 0 Å². The average Bonchev–Trinajstić information content (AvgIpc) is 2.74. The number of nitrogens with one attached hydrogen (secondary N) is 2. The van der Waals surface area contributed by atoms with Crippen molar-refractivity contribution in [1.82, 2.24) is 15.6 Å². The van der Waals surface area contributed by atoms with Gasteiger partial charge in [-0.15, -0.1) is 0 Å². The van der Waals surface area contributed by atoms with Gasteiger partial charge in [0.2, 0.25) is 11.8 Å². The minimum Gasteiger partial charge on any atom is -0.345 e. The number of nitrogens with zero attached hydrogens (tertiary/aromatic N) is 1. The van der Waals surface area contributed by atoms with Crippen LogP contribution in [0, 0.1) is 0 Å². The zero-order valence-electron chi connectivity index (χ0n) is 10.0. The number of hydrogen-bond donors (Lipinski definition) is 3. The van der Waals surface area contributed by atoms with Crippen molar-refractivity contribution >= 4 is 17.7 Å². The second kappa shape index (κ2) is 5.62. The van der Waals surface area contributed by atoms with Gasteiger partial charge in [0.15, 0.2) is 0 Å². The molecular weight excluding hydrogens is 224 g/mol. The predicted molar refractivity (Wildman–Crippen MR) is 60.3 cm³/mol. The molecule has 0 aromatic rings. The number of hydrogen-bond acceptors (Lipinski definition) is 4. The molecule has 1 aliphatic rings. The van der Waals surface area contributed by atoms with Gasteiger partial charge in [-0.25, -0.2) is 5.84 Å². The van der Waals surface area contributed by atoms with Gasteiger partial charge in [0, 0.05) is 13.5 Å². The zero-order chi connectivity index (χ0) is 13.0. The molecule has 7 nitrogen and oxygen atoms in total. The maximum atomic E-state index is 12.0. The van der Waals surface area contributed by atoms with Gasteiger partial charge in [0.25, 0.3) is 5.91 Å². The molecule has 0 aromatic heterocycles. The average molecular weight is 242 g/mol. The van der Waals surface area contributed by atoms with Gasteiger partial charge in [-0.05, 0) is 19.8 Å². The zero-order valence-corrected chi connectivity index (χ0v) is 10.0. The summed E-state index contributed by atoms with van der Waals surface area (Å²) in [5.74, 6) is 4.16. The van der Waals surface area contributed by atoms with E-state index in [1.807, 2.05) is 0 Å². The maximum Gasteiger partial charge on any atom is 0.256 e. The third-order valence-corrected chi connectivity index (χ3v) is 2.77. The Hall–Kier alpha value is -1.63. The first-order chi connectivity index (χ1) is 7.97. The molecule has 0 bridgehead atoms. The minimum atomic E-state index is -0.626. The largest absolute Gasteiger partial charge is 0.345 e.